The highest BCUT2D eigenvalue weighted by Gasteiger charge is 2.20. The van der Waals surface area contributed by atoms with E-state index in [2.05, 4.69) is 11.2 Å². The summed E-state index contributed by atoms with van der Waals surface area (Å²) in [5.41, 5.74) is 0. The van der Waals surface area contributed by atoms with Gasteiger partial charge in [0.1, 0.15) is 6.04 Å². The highest BCUT2D eigenvalue weighted by molar-refractivity contribution is 5.83. The van der Waals surface area contributed by atoms with Crippen LogP contribution in [0.25, 0.3) is 0 Å². The van der Waals surface area contributed by atoms with E-state index < -0.39 is 12.0 Å². The van der Waals surface area contributed by atoms with Gasteiger partial charge in [-0.3, -0.25) is 4.79 Å². The Bertz CT molecular complexity index is 265. The third-order valence-corrected chi connectivity index (χ3v) is 1.84. The molecule has 4 heteroatoms. The molecule has 0 saturated heterocycles. The van der Waals surface area contributed by atoms with E-state index in [0.717, 1.165) is 0 Å². The summed E-state index contributed by atoms with van der Waals surface area (Å²) < 4.78 is 0. The summed E-state index contributed by atoms with van der Waals surface area (Å²) in [6.45, 7) is 3.81. The lowest BCUT2D eigenvalue weighted by Gasteiger charge is -2.15. The third kappa shape index (κ3) is 6.55. The number of carbonyl (C=O) groups is 2. The molecule has 0 fully saturated rings. The minimum atomic E-state index is -1.00. The van der Waals surface area contributed by atoms with Gasteiger partial charge in [-0.15, -0.1) is 12.3 Å². The average molecular weight is 211 g/mol. The summed E-state index contributed by atoms with van der Waals surface area (Å²) in [4.78, 5) is 22.0. The Balaban J connectivity index is 4.12. The van der Waals surface area contributed by atoms with E-state index in [9.17, 15) is 9.59 Å². The van der Waals surface area contributed by atoms with Gasteiger partial charge in [-0.2, -0.15) is 0 Å². The van der Waals surface area contributed by atoms with Gasteiger partial charge in [0, 0.05) is 12.8 Å². The van der Waals surface area contributed by atoms with Crippen molar-refractivity contribution in [2.24, 2.45) is 5.92 Å². The SMILES string of the molecule is C#CCCC(=O)N[C@H](CC(C)C)C(=O)O. The predicted molar refractivity (Wildman–Crippen MR) is 57.1 cm³/mol. The molecular weight excluding hydrogens is 194 g/mol. The van der Waals surface area contributed by atoms with Crippen molar-refractivity contribution in [3.8, 4) is 12.3 Å². The molecule has 0 bridgehead atoms. The summed E-state index contributed by atoms with van der Waals surface area (Å²) in [6.07, 6.45) is 5.94. The topological polar surface area (TPSA) is 66.4 Å². The molecule has 0 aliphatic heterocycles. The van der Waals surface area contributed by atoms with Crippen molar-refractivity contribution in [3.63, 3.8) is 0 Å². The molecule has 1 amide bonds. The van der Waals surface area contributed by atoms with E-state index in [1.807, 2.05) is 13.8 Å². The van der Waals surface area contributed by atoms with Gasteiger partial charge < -0.3 is 10.4 Å². The molecule has 15 heavy (non-hydrogen) atoms. The zero-order valence-electron chi connectivity index (χ0n) is 9.12. The van der Waals surface area contributed by atoms with Gasteiger partial charge in [-0.25, -0.2) is 4.79 Å². The summed E-state index contributed by atoms with van der Waals surface area (Å²) in [5, 5.41) is 11.3. The van der Waals surface area contributed by atoms with E-state index in [1.165, 1.54) is 0 Å². The molecular formula is C11H17NO3. The number of carboxylic acids is 1. The lowest BCUT2D eigenvalue weighted by atomic mass is 10.0. The van der Waals surface area contributed by atoms with E-state index in [4.69, 9.17) is 11.5 Å². The van der Waals surface area contributed by atoms with Crippen LogP contribution in [-0.2, 0) is 9.59 Å². The molecule has 0 aromatic rings. The Kier molecular flexibility index (Phi) is 6.19. The number of rotatable bonds is 6. The first-order valence-electron chi connectivity index (χ1n) is 4.93. The number of terminal acetylenes is 1. The smallest absolute Gasteiger partial charge is 0.326 e. The molecule has 0 heterocycles. The van der Waals surface area contributed by atoms with Gasteiger partial charge in [0.2, 0.25) is 5.91 Å². The highest BCUT2D eigenvalue weighted by atomic mass is 16.4. The van der Waals surface area contributed by atoms with Crippen LogP contribution in [0.1, 0.15) is 33.1 Å². The minimum Gasteiger partial charge on any atom is -0.480 e. The molecule has 84 valence electrons. The van der Waals surface area contributed by atoms with Crippen LogP contribution in [0.2, 0.25) is 0 Å². The van der Waals surface area contributed by atoms with Crippen molar-refractivity contribution in [1.29, 1.82) is 0 Å². The number of carbonyl (C=O) groups excluding carboxylic acids is 1. The van der Waals surface area contributed by atoms with Crippen molar-refractivity contribution in [2.75, 3.05) is 0 Å². The maximum Gasteiger partial charge on any atom is 0.326 e. The van der Waals surface area contributed by atoms with Gasteiger partial charge in [0.15, 0.2) is 0 Å². The van der Waals surface area contributed by atoms with Crippen molar-refractivity contribution in [1.82, 2.24) is 5.32 Å². The van der Waals surface area contributed by atoms with Crippen LogP contribution in [0, 0.1) is 18.3 Å². The monoisotopic (exact) mass is 211 g/mol. The zero-order valence-corrected chi connectivity index (χ0v) is 9.12. The van der Waals surface area contributed by atoms with E-state index in [0.29, 0.717) is 12.8 Å². The second-order valence-corrected chi connectivity index (χ2v) is 3.79. The molecule has 0 aromatic carbocycles. The molecule has 0 aromatic heterocycles. The van der Waals surface area contributed by atoms with Crippen LogP contribution in [-0.4, -0.2) is 23.0 Å². The lowest BCUT2D eigenvalue weighted by molar-refractivity contribution is -0.142. The first-order valence-corrected chi connectivity index (χ1v) is 4.93. The van der Waals surface area contributed by atoms with Crippen LogP contribution >= 0.6 is 0 Å². The fourth-order valence-corrected chi connectivity index (χ4v) is 1.15. The summed E-state index contributed by atoms with van der Waals surface area (Å²) >= 11 is 0. The molecule has 0 rings (SSSR count). The molecule has 0 aliphatic rings. The Hall–Kier alpha value is -1.50. The fraction of sp³-hybridized carbons (Fsp3) is 0.636. The molecule has 0 aliphatic carbocycles. The van der Waals surface area contributed by atoms with Gasteiger partial charge in [0.25, 0.3) is 0 Å². The number of hydrogen-bond acceptors (Lipinski definition) is 2. The standard InChI is InChI=1S/C11H17NO3/c1-4-5-6-10(13)12-9(11(14)15)7-8(2)3/h1,8-9H,5-7H2,2-3H3,(H,12,13)(H,14,15)/t9-/m1/s1. The molecule has 2 N–H and O–H groups in total. The van der Waals surface area contributed by atoms with Crippen LogP contribution in [0.5, 0.6) is 0 Å². The van der Waals surface area contributed by atoms with E-state index in [1.54, 1.807) is 0 Å². The summed E-state index contributed by atoms with van der Waals surface area (Å²) in [6, 6.07) is -0.810. The number of amides is 1. The first-order chi connectivity index (χ1) is 6.97. The highest BCUT2D eigenvalue weighted by Crippen LogP contribution is 2.05. The van der Waals surface area contributed by atoms with Crippen LogP contribution < -0.4 is 5.32 Å². The Morgan fingerprint density at radius 1 is 1.47 bits per heavy atom. The van der Waals surface area contributed by atoms with Crippen LogP contribution in [0.3, 0.4) is 0 Å². The van der Waals surface area contributed by atoms with Crippen molar-refractivity contribution < 1.29 is 14.7 Å². The quantitative estimate of drug-likeness (QED) is 0.644. The van der Waals surface area contributed by atoms with Gasteiger partial charge in [0.05, 0.1) is 0 Å². The molecule has 0 unspecified atom stereocenters. The van der Waals surface area contributed by atoms with E-state index in [-0.39, 0.29) is 18.2 Å². The predicted octanol–water partition coefficient (Wildman–Crippen LogP) is 1.02. The molecule has 1 atom stereocenters. The van der Waals surface area contributed by atoms with Crippen molar-refractivity contribution in [3.05, 3.63) is 0 Å². The number of hydrogen-bond donors (Lipinski definition) is 2. The fourth-order valence-electron chi connectivity index (χ4n) is 1.15. The lowest BCUT2D eigenvalue weighted by Crippen LogP contribution is -2.41. The Morgan fingerprint density at radius 2 is 2.07 bits per heavy atom. The minimum absolute atomic E-state index is 0.179. The first kappa shape index (κ1) is 13.5. The maximum absolute atomic E-state index is 11.2. The molecule has 0 spiro atoms. The van der Waals surface area contributed by atoms with Crippen LogP contribution in [0.15, 0.2) is 0 Å². The third-order valence-electron chi connectivity index (χ3n) is 1.84. The zero-order chi connectivity index (χ0) is 11.8. The Morgan fingerprint density at radius 3 is 2.47 bits per heavy atom. The maximum atomic E-state index is 11.2. The average Bonchev–Trinajstić information content (AvgIpc) is 2.12. The number of aliphatic carboxylic acids is 1. The number of nitrogens with one attached hydrogen (secondary N) is 1. The normalized spacial score (nSPS) is 11.9. The summed E-state index contributed by atoms with van der Waals surface area (Å²) in [5.74, 6) is 1.25. The molecule has 0 saturated carbocycles. The largest absolute Gasteiger partial charge is 0.480 e. The summed E-state index contributed by atoms with van der Waals surface area (Å²) in [7, 11) is 0. The van der Waals surface area contributed by atoms with Crippen LogP contribution in [0.4, 0.5) is 0 Å². The van der Waals surface area contributed by atoms with Crippen molar-refractivity contribution in [2.45, 2.75) is 39.2 Å². The molecule has 0 radical (unpaired) electrons. The van der Waals surface area contributed by atoms with Gasteiger partial charge >= 0.3 is 5.97 Å². The van der Waals surface area contributed by atoms with E-state index >= 15 is 0 Å². The second-order valence-electron chi connectivity index (χ2n) is 3.79. The van der Waals surface area contributed by atoms with Crippen molar-refractivity contribution >= 4 is 11.9 Å². The van der Waals surface area contributed by atoms with Gasteiger partial charge in [-0.1, -0.05) is 13.8 Å². The Labute approximate surface area is 90.1 Å². The second kappa shape index (κ2) is 6.88. The number of carboxylic acid groups (broad SMARTS) is 1. The van der Waals surface area contributed by atoms with Gasteiger partial charge in [-0.05, 0) is 12.3 Å². The molecule has 4 nitrogen and oxygen atoms in total.